The van der Waals surface area contributed by atoms with E-state index in [1.807, 2.05) is 6.92 Å². The number of methoxy groups -OCH3 is 2. The molecule has 0 aliphatic rings. The van der Waals surface area contributed by atoms with Gasteiger partial charge in [0.15, 0.2) is 11.5 Å². The molecule has 0 saturated heterocycles. The van der Waals surface area contributed by atoms with Crippen LogP contribution in [0.15, 0.2) is 16.7 Å². The molecule has 2 rings (SSSR count). The monoisotopic (exact) mass is 312 g/mol. The summed E-state index contributed by atoms with van der Waals surface area (Å²) in [6.45, 7) is 1.88. The van der Waals surface area contributed by atoms with E-state index in [1.54, 1.807) is 12.1 Å². The van der Waals surface area contributed by atoms with Crippen molar-refractivity contribution in [2.24, 2.45) is 0 Å². The van der Waals surface area contributed by atoms with Crippen molar-refractivity contribution in [1.82, 2.24) is 10.1 Å². The Labute approximate surface area is 127 Å². The topological polar surface area (TPSA) is 77.6 Å². The summed E-state index contributed by atoms with van der Waals surface area (Å²) in [5.41, 5.74) is 0.652. The molecule has 0 fully saturated rings. The Morgan fingerprint density at radius 3 is 2.71 bits per heavy atom. The predicted octanol–water partition coefficient (Wildman–Crippen LogP) is 2.72. The highest BCUT2D eigenvalue weighted by Gasteiger charge is 2.16. The van der Waals surface area contributed by atoms with Crippen molar-refractivity contribution in [1.29, 1.82) is 0 Å². The Morgan fingerprint density at radius 2 is 2.10 bits per heavy atom. The number of hydrogen-bond acceptors (Lipinski definition) is 6. The van der Waals surface area contributed by atoms with Crippen molar-refractivity contribution in [2.45, 2.75) is 25.9 Å². The Hall–Kier alpha value is -1.79. The van der Waals surface area contributed by atoms with E-state index in [9.17, 15) is 5.11 Å². The molecule has 1 atom stereocenters. The smallest absolute Gasteiger partial charge is 0.229 e. The number of aromatic nitrogens is 2. The first kappa shape index (κ1) is 15.6. The van der Waals surface area contributed by atoms with Gasteiger partial charge in [-0.05, 0) is 18.6 Å². The van der Waals surface area contributed by atoms with E-state index >= 15 is 0 Å². The maximum atomic E-state index is 9.60. The van der Waals surface area contributed by atoms with E-state index in [1.165, 1.54) is 14.2 Å². The lowest BCUT2D eigenvalue weighted by molar-refractivity contribution is 0.158. The third kappa shape index (κ3) is 3.46. The van der Waals surface area contributed by atoms with Gasteiger partial charge in [-0.1, -0.05) is 23.7 Å². The van der Waals surface area contributed by atoms with Crippen LogP contribution in [0.5, 0.6) is 11.5 Å². The second kappa shape index (κ2) is 6.78. The van der Waals surface area contributed by atoms with Crippen LogP contribution in [0.2, 0.25) is 5.02 Å². The van der Waals surface area contributed by atoms with Gasteiger partial charge >= 0.3 is 0 Å². The van der Waals surface area contributed by atoms with Crippen LogP contribution in [0, 0.1) is 0 Å². The van der Waals surface area contributed by atoms with Crippen LogP contribution < -0.4 is 9.47 Å². The first-order valence-corrected chi connectivity index (χ1v) is 6.89. The minimum atomic E-state index is -0.493. The standard InChI is InChI=1S/C14H17ClN2O4/c1-4-9(18)7-12-16-14(17-21-12)8-5-10(15)13(20-3)11(6-8)19-2/h5-6,9,18H,4,7H2,1-3H3. The van der Waals surface area contributed by atoms with Gasteiger partial charge in [-0.25, -0.2) is 0 Å². The number of rotatable bonds is 6. The molecule has 1 aromatic carbocycles. The lowest BCUT2D eigenvalue weighted by Crippen LogP contribution is -2.08. The minimum absolute atomic E-state index is 0.324. The molecule has 1 unspecified atom stereocenters. The molecule has 114 valence electrons. The number of hydrogen-bond donors (Lipinski definition) is 1. The van der Waals surface area contributed by atoms with Crippen LogP contribution >= 0.6 is 11.6 Å². The number of halogens is 1. The second-order valence-electron chi connectivity index (χ2n) is 4.47. The Bertz CT molecular complexity index is 615. The van der Waals surface area contributed by atoms with Gasteiger partial charge in [0.2, 0.25) is 11.7 Å². The van der Waals surface area contributed by atoms with Crippen LogP contribution in [0.4, 0.5) is 0 Å². The van der Waals surface area contributed by atoms with Crippen molar-refractivity contribution in [3.63, 3.8) is 0 Å². The molecule has 0 aliphatic carbocycles. The van der Waals surface area contributed by atoms with E-state index in [0.29, 0.717) is 46.6 Å². The molecule has 0 amide bonds. The summed E-state index contributed by atoms with van der Waals surface area (Å²) in [5, 5.41) is 13.9. The maximum absolute atomic E-state index is 9.60. The number of nitrogens with zero attached hydrogens (tertiary/aromatic N) is 2. The lowest BCUT2D eigenvalue weighted by Gasteiger charge is -2.10. The van der Waals surface area contributed by atoms with Gasteiger partial charge in [0.05, 0.1) is 31.8 Å². The summed E-state index contributed by atoms with van der Waals surface area (Å²) in [6, 6.07) is 3.39. The predicted molar refractivity (Wildman–Crippen MR) is 77.8 cm³/mol. The van der Waals surface area contributed by atoms with E-state index in [-0.39, 0.29) is 0 Å². The van der Waals surface area contributed by atoms with Crippen LogP contribution in [0.3, 0.4) is 0 Å². The molecule has 21 heavy (non-hydrogen) atoms. The summed E-state index contributed by atoms with van der Waals surface area (Å²) in [6.07, 6.45) is 0.456. The first-order valence-electron chi connectivity index (χ1n) is 6.51. The van der Waals surface area contributed by atoms with Crippen molar-refractivity contribution >= 4 is 11.6 Å². The third-order valence-corrected chi connectivity index (χ3v) is 3.32. The number of aliphatic hydroxyl groups excluding tert-OH is 1. The fourth-order valence-electron chi connectivity index (χ4n) is 1.85. The molecule has 0 bridgehead atoms. The number of ether oxygens (including phenoxy) is 2. The van der Waals surface area contributed by atoms with Gasteiger partial charge in [-0.2, -0.15) is 4.98 Å². The van der Waals surface area contributed by atoms with Gasteiger partial charge in [0.1, 0.15) is 0 Å². The Morgan fingerprint density at radius 1 is 1.33 bits per heavy atom. The molecule has 6 nitrogen and oxygen atoms in total. The van der Waals surface area contributed by atoms with E-state index in [4.69, 9.17) is 25.6 Å². The fraction of sp³-hybridized carbons (Fsp3) is 0.429. The molecule has 0 spiro atoms. The van der Waals surface area contributed by atoms with Crippen molar-refractivity contribution in [3.05, 3.63) is 23.0 Å². The normalized spacial score (nSPS) is 12.2. The molecule has 1 aromatic heterocycles. The Kier molecular flexibility index (Phi) is 5.03. The van der Waals surface area contributed by atoms with E-state index in [2.05, 4.69) is 10.1 Å². The summed E-state index contributed by atoms with van der Waals surface area (Å²) in [4.78, 5) is 4.25. The maximum Gasteiger partial charge on any atom is 0.229 e. The number of aliphatic hydroxyl groups is 1. The summed E-state index contributed by atoms with van der Waals surface area (Å²) in [5.74, 6) is 1.70. The third-order valence-electron chi connectivity index (χ3n) is 3.04. The van der Waals surface area contributed by atoms with Crippen LogP contribution in [-0.4, -0.2) is 35.6 Å². The average molecular weight is 313 g/mol. The molecule has 1 heterocycles. The van der Waals surface area contributed by atoms with E-state index < -0.39 is 6.10 Å². The highest BCUT2D eigenvalue weighted by molar-refractivity contribution is 6.32. The van der Waals surface area contributed by atoms with Crippen molar-refractivity contribution < 1.29 is 19.1 Å². The summed E-state index contributed by atoms with van der Waals surface area (Å²) >= 11 is 6.15. The largest absolute Gasteiger partial charge is 0.493 e. The van der Waals surface area contributed by atoms with Gasteiger partial charge in [-0.15, -0.1) is 0 Å². The zero-order chi connectivity index (χ0) is 15.4. The SMILES string of the molecule is CCC(O)Cc1nc(-c2cc(Cl)c(OC)c(OC)c2)no1. The fourth-order valence-corrected chi connectivity index (χ4v) is 2.14. The quantitative estimate of drug-likeness (QED) is 0.883. The molecule has 1 N–H and O–H groups in total. The van der Waals surface area contributed by atoms with Gasteiger partial charge in [-0.3, -0.25) is 0 Å². The molecular formula is C14H17ClN2O4. The zero-order valence-corrected chi connectivity index (χ0v) is 12.8. The molecule has 7 heteroatoms. The summed E-state index contributed by atoms with van der Waals surface area (Å²) < 4.78 is 15.5. The minimum Gasteiger partial charge on any atom is -0.493 e. The highest BCUT2D eigenvalue weighted by Crippen LogP contribution is 2.38. The molecular weight excluding hydrogens is 296 g/mol. The zero-order valence-electron chi connectivity index (χ0n) is 12.1. The molecule has 0 saturated carbocycles. The van der Waals surface area contributed by atoms with Crippen LogP contribution in [-0.2, 0) is 6.42 Å². The molecule has 2 aromatic rings. The first-order chi connectivity index (χ1) is 10.1. The van der Waals surface area contributed by atoms with Crippen molar-refractivity contribution in [3.8, 4) is 22.9 Å². The van der Waals surface area contributed by atoms with Crippen molar-refractivity contribution in [2.75, 3.05) is 14.2 Å². The highest BCUT2D eigenvalue weighted by atomic mass is 35.5. The van der Waals surface area contributed by atoms with Crippen LogP contribution in [0.25, 0.3) is 11.4 Å². The van der Waals surface area contributed by atoms with E-state index in [0.717, 1.165) is 0 Å². The molecule has 0 radical (unpaired) electrons. The van der Waals surface area contributed by atoms with Gasteiger partial charge in [0.25, 0.3) is 0 Å². The van der Waals surface area contributed by atoms with Crippen LogP contribution in [0.1, 0.15) is 19.2 Å². The van der Waals surface area contributed by atoms with Gasteiger partial charge < -0.3 is 19.1 Å². The average Bonchev–Trinajstić information content (AvgIpc) is 2.94. The summed E-state index contributed by atoms with van der Waals surface area (Å²) in [7, 11) is 3.04. The molecule has 0 aliphatic heterocycles. The lowest BCUT2D eigenvalue weighted by atomic mass is 10.2. The second-order valence-corrected chi connectivity index (χ2v) is 4.88. The van der Waals surface area contributed by atoms with Gasteiger partial charge in [0, 0.05) is 5.56 Å². The Balaban J connectivity index is 2.32. The number of benzene rings is 1.